The highest BCUT2D eigenvalue weighted by molar-refractivity contribution is 5.90. The number of nitrogens with one attached hydrogen (secondary N) is 1. The van der Waals surface area contributed by atoms with E-state index < -0.39 is 18.0 Å². The zero-order valence-corrected chi connectivity index (χ0v) is 14.7. The zero-order valence-electron chi connectivity index (χ0n) is 14.7. The van der Waals surface area contributed by atoms with Crippen molar-refractivity contribution in [1.82, 2.24) is 10.3 Å². The Kier molecular flexibility index (Phi) is 4.97. The van der Waals surface area contributed by atoms with E-state index in [1.54, 1.807) is 17.1 Å². The van der Waals surface area contributed by atoms with Gasteiger partial charge in [-0.15, -0.1) is 0 Å². The number of anilines is 2. The van der Waals surface area contributed by atoms with E-state index in [0.717, 1.165) is 6.42 Å². The lowest BCUT2D eigenvalue weighted by atomic mass is 10.2. The van der Waals surface area contributed by atoms with Gasteiger partial charge >= 0.3 is 6.09 Å². The minimum Gasteiger partial charge on any atom is -0.442 e. The van der Waals surface area contributed by atoms with Crippen molar-refractivity contribution in [3.63, 3.8) is 0 Å². The molecule has 9 heteroatoms. The van der Waals surface area contributed by atoms with E-state index in [1.807, 2.05) is 0 Å². The summed E-state index contributed by atoms with van der Waals surface area (Å²) in [6.45, 7) is 4.37. The second-order valence-electron chi connectivity index (χ2n) is 6.31. The van der Waals surface area contributed by atoms with Gasteiger partial charge < -0.3 is 10.1 Å². The van der Waals surface area contributed by atoms with Crippen molar-refractivity contribution in [3.05, 3.63) is 24.0 Å². The summed E-state index contributed by atoms with van der Waals surface area (Å²) < 4.78 is 19.8. The van der Waals surface area contributed by atoms with Gasteiger partial charge in [0, 0.05) is 26.9 Å². The van der Waals surface area contributed by atoms with Crippen LogP contribution in [0.5, 0.6) is 0 Å². The quantitative estimate of drug-likeness (QED) is 0.870. The largest absolute Gasteiger partial charge is 0.442 e. The Morgan fingerprint density at radius 1 is 1.31 bits per heavy atom. The maximum absolute atomic E-state index is 14.7. The van der Waals surface area contributed by atoms with Gasteiger partial charge in [-0.3, -0.25) is 24.5 Å². The SMILES string of the molecule is CC(=O)NC[C@H]1CN(c2ccc(N3CCCN3C(C)=O)c(F)c2)C(=O)O1. The minimum atomic E-state index is -0.584. The molecule has 2 fully saturated rings. The number of nitrogens with zero attached hydrogens (tertiary/aromatic N) is 3. The average Bonchev–Trinajstić information content (AvgIpc) is 3.19. The van der Waals surface area contributed by atoms with Crippen LogP contribution in [-0.4, -0.2) is 55.2 Å². The van der Waals surface area contributed by atoms with Crippen LogP contribution in [0.2, 0.25) is 0 Å². The lowest BCUT2D eigenvalue weighted by molar-refractivity contribution is -0.128. The van der Waals surface area contributed by atoms with Crippen molar-refractivity contribution in [1.29, 1.82) is 0 Å². The molecular weight excluding hydrogens is 343 g/mol. The second kappa shape index (κ2) is 7.19. The summed E-state index contributed by atoms with van der Waals surface area (Å²) in [6, 6.07) is 4.44. The number of hydrogen-bond acceptors (Lipinski definition) is 5. The summed E-state index contributed by atoms with van der Waals surface area (Å²) in [5.74, 6) is -0.876. The highest BCUT2D eigenvalue weighted by Crippen LogP contribution is 2.30. The lowest BCUT2D eigenvalue weighted by Gasteiger charge is -2.29. The molecule has 3 rings (SSSR count). The molecule has 1 aromatic carbocycles. The molecule has 3 amide bonds. The van der Waals surface area contributed by atoms with Crippen molar-refractivity contribution in [2.45, 2.75) is 26.4 Å². The summed E-state index contributed by atoms with van der Waals surface area (Å²) in [7, 11) is 0. The standard InChI is InChI=1S/C17H21FN4O4/c1-11(23)19-9-14-10-20(17(25)26-14)13-4-5-16(15(18)8-13)22-7-3-6-21(22)12(2)24/h4-5,8,14H,3,6-7,9-10H2,1-2H3,(H,19,23)/t14-/m0/s1. The van der Waals surface area contributed by atoms with Crippen molar-refractivity contribution in [3.8, 4) is 0 Å². The fourth-order valence-electron chi connectivity index (χ4n) is 3.16. The number of hydrogen-bond donors (Lipinski definition) is 1. The van der Waals surface area contributed by atoms with Crippen LogP contribution >= 0.6 is 0 Å². The van der Waals surface area contributed by atoms with E-state index in [1.165, 1.54) is 29.8 Å². The summed E-state index contributed by atoms with van der Waals surface area (Å²) >= 11 is 0. The molecule has 26 heavy (non-hydrogen) atoms. The molecule has 0 aliphatic carbocycles. The third kappa shape index (κ3) is 3.56. The molecule has 0 radical (unpaired) electrons. The number of ether oxygens (including phenoxy) is 1. The average molecular weight is 364 g/mol. The summed E-state index contributed by atoms with van der Waals surface area (Å²) in [6.07, 6.45) is -0.302. The van der Waals surface area contributed by atoms with Gasteiger partial charge in [0.05, 0.1) is 24.5 Å². The molecule has 140 valence electrons. The lowest BCUT2D eigenvalue weighted by Crippen LogP contribution is -2.40. The molecule has 0 spiro atoms. The Bertz CT molecular complexity index is 741. The maximum Gasteiger partial charge on any atom is 0.414 e. The molecule has 1 atom stereocenters. The zero-order chi connectivity index (χ0) is 18.8. The number of benzene rings is 1. The van der Waals surface area contributed by atoms with Crippen LogP contribution in [0.15, 0.2) is 18.2 Å². The first-order valence-corrected chi connectivity index (χ1v) is 8.44. The van der Waals surface area contributed by atoms with E-state index in [2.05, 4.69) is 5.32 Å². The molecule has 8 nitrogen and oxygen atoms in total. The third-order valence-electron chi connectivity index (χ3n) is 4.37. The van der Waals surface area contributed by atoms with E-state index in [4.69, 9.17) is 4.74 Å². The van der Waals surface area contributed by atoms with E-state index in [-0.39, 0.29) is 24.9 Å². The van der Waals surface area contributed by atoms with Crippen LogP contribution in [0.3, 0.4) is 0 Å². The van der Waals surface area contributed by atoms with Gasteiger partial charge in [-0.1, -0.05) is 0 Å². The fraction of sp³-hybridized carbons (Fsp3) is 0.471. The molecule has 2 saturated heterocycles. The Morgan fingerprint density at radius 3 is 2.73 bits per heavy atom. The van der Waals surface area contributed by atoms with Crippen molar-refractivity contribution < 1.29 is 23.5 Å². The first-order chi connectivity index (χ1) is 12.4. The minimum absolute atomic E-state index is 0.144. The Labute approximate surface area is 150 Å². The van der Waals surface area contributed by atoms with Crippen molar-refractivity contribution in [2.75, 3.05) is 36.1 Å². The first-order valence-electron chi connectivity index (χ1n) is 8.44. The van der Waals surface area contributed by atoms with Gasteiger partial charge in [0.25, 0.3) is 0 Å². The highest BCUT2D eigenvalue weighted by atomic mass is 19.1. The van der Waals surface area contributed by atoms with Gasteiger partial charge in [0.2, 0.25) is 11.8 Å². The number of carbonyl (C=O) groups is 3. The maximum atomic E-state index is 14.7. The number of carbonyl (C=O) groups excluding carboxylic acids is 3. The van der Waals surface area contributed by atoms with Crippen LogP contribution in [0, 0.1) is 5.82 Å². The predicted octanol–water partition coefficient (Wildman–Crippen LogP) is 1.26. The van der Waals surface area contributed by atoms with Gasteiger partial charge in [-0.25, -0.2) is 9.18 Å². The molecule has 0 unspecified atom stereocenters. The first kappa shape index (κ1) is 18.0. The van der Waals surface area contributed by atoms with Crippen LogP contribution in [0.25, 0.3) is 0 Å². The molecule has 1 N–H and O–H groups in total. The molecule has 0 bridgehead atoms. The van der Waals surface area contributed by atoms with Crippen molar-refractivity contribution >= 4 is 29.3 Å². The van der Waals surface area contributed by atoms with Crippen LogP contribution in [0.4, 0.5) is 20.6 Å². The fourth-order valence-corrected chi connectivity index (χ4v) is 3.16. The number of halogens is 1. The van der Waals surface area contributed by atoms with Gasteiger partial charge in [-0.05, 0) is 24.6 Å². The molecule has 2 heterocycles. The Morgan fingerprint density at radius 2 is 2.08 bits per heavy atom. The predicted molar refractivity (Wildman–Crippen MR) is 92.0 cm³/mol. The van der Waals surface area contributed by atoms with Crippen LogP contribution in [0.1, 0.15) is 20.3 Å². The molecule has 1 aromatic rings. The van der Waals surface area contributed by atoms with Crippen LogP contribution < -0.4 is 15.2 Å². The normalized spacial score (nSPS) is 19.7. The monoisotopic (exact) mass is 364 g/mol. The number of hydrazine groups is 1. The number of rotatable bonds is 4. The molecular formula is C17H21FN4O4. The smallest absolute Gasteiger partial charge is 0.414 e. The summed E-state index contributed by atoms with van der Waals surface area (Å²) in [5.41, 5.74) is 0.666. The summed E-state index contributed by atoms with van der Waals surface area (Å²) in [4.78, 5) is 36.0. The highest BCUT2D eigenvalue weighted by Gasteiger charge is 2.33. The van der Waals surface area contributed by atoms with E-state index >= 15 is 0 Å². The van der Waals surface area contributed by atoms with Gasteiger partial charge in [0.1, 0.15) is 11.9 Å². The van der Waals surface area contributed by atoms with E-state index in [0.29, 0.717) is 24.5 Å². The van der Waals surface area contributed by atoms with Crippen molar-refractivity contribution in [2.24, 2.45) is 0 Å². The van der Waals surface area contributed by atoms with E-state index in [9.17, 15) is 18.8 Å². The Hall–Kier alpha value is -2.84. The Balaban J connectivity index is 1.74. The summed E-state index contributed by atoms with van der Waals surface area (Å²) in [5, 5.41) is 5.71. The third-order valence-corrected chi connectivity index (χ3v) is 4.37. The van der Waals surface area contributed by atoms with Gasteiger partial charge in [-0.2, -0.15) is 0 Å². The topological polar surface area (TPSA) is 82.2 Å². The van der Waals surface area contributed by atoms with Crippen LogP contribution in [-0.2, 0) is 14.3 Å². The second-order valence-corrected chi connectivity index (χ2v) is 6.31. The molecule has 2 aliphatic heterocycles. The molecule has 0 saturated carbocycles. The number of amides is 3. The number of cyclic esters (lactones) is 1. The van der Waals surface area contributed by atoms with Gasteiger partial charge in [0.15, 0.2) is 0 Å². The molecule has 2 aliphatic rings. The molecule has 0 aromatic heterocycles.